The van der Waals surface area contributed by atoms with E-state index in [-0.39, 0.29) is 22.8 Å². The zero-order valence-corrected chi connectivity index (χ0v) is 14.2. The first-order valence-corrected chi connectivity index (χ1v) is 8.99. The predicted molar refractivity (Wildman–Crippen MR) is 89.8 cm³/mol. The summed E-state index contributed by atoms with van der Waals surface area (Å²) in [5.41, 5.74) is 5.84. The predicted octanol–water partition coefficient (Wildman–Crippen LogP) is 2.76. The van der Waals surface area contributed by atoms with Crippen LogP contribution in [0.2, 0.25) is 0 Å². The molecule has 0 bridgehead atoms. The van der Waals surface area contributed by atoms with Crippen molar-refractivity contribution in [3.05, 3.63) is 28.8 Å². The van der Waals surface area contributed by atoms with Crippen molar-refractivity contribution in [1.82, 2.24) is 14.8 Å². The van der Waals surface area contributed by atoms with E-state index in [1.54, 1.807) is 18.3 Å². The summed E-state index contributed by atoms with van der Waals surface area (Å²) >= 11 is 2.93. The summed E-state index contributed by atoms with van der Waals surface area (Å²) in [6.45, 7) is 1.56. The zero-order valence-electron chi connectivity index (χ0n) is 12.5. The maximum atomic E-state index is 12.1. The van der Waals surface area contributed by atoms with Crippen molar-refractivity contribution in [2.45, 2.75) is 31.0 Å². The van der Waals surface area contributed by atoms with Crippen molar-refractivity contribution in [3.63, 3.8) is 0 Å². The van der Waals surface area contributed by atoms with E-state index in [0.29, 0.717) is 6.04 Å². The van der Waals surface area contributed by atoms with Crippen LogP contribution in [0, 0.1) is 11.3 Å². The molecule has 2 aromatic rings. The van der Waals surface area contributed by atoms with Gasteiger partial charge in [0.2, 0.25) is 0 Å². The maximum Gasteiger partial charge on any atom is 0.192 e. The molecule has 3 rings (SSSR count). The summed E-state index contributed by atoms with van der Waals surface area (Å²) in [6, 6.07) is 6.27. The van der Waals surface area contributed by atoms with E-state index in [1.807, 2.05) is 23.6 Å². The van der Waals surface area contributed by atoms with Crippen LogP contribution < -0.4 is 5.73 Å². The molecule has 0 unspecified atom stereocenters. The molecule has 0 amide bonds. The summed E-state index contributed by atoms with van der Waals surface area (Å²) < 4.78 is 2.11. The number of allylic oxidation sites excluding steroid dienone is 2. The molecule has 23 heavy (non-hydrogen) atoms. The number of carbonyl (C=O) groups is 1. The average molecular weight is 345 g/mol. The zero-order chi connectivity index (χ0) is 16.4. The van der Waals surface area contributed by atoms with E-state index in [9.17, 15) is 4.79 Å². The van der Waals surface area contributed by atoms with Gasteiger partial charge < -0.3 is 5.73 Å². The molecule has 6 nitrogen and oxygen atoms in total. The van der Waals surface area contributed by atoms with Crippen LogP contribution in [0.15, 0.2) is 33.9 Å². The fourth-order valence-corrected chi connectivity index (χ4v) is 3.77. The number of thiophene rings is 1. The number of carbonyl (C=O) groups excluding carboxylic acids is 1. The molecule has 0 atom stereocenters. The molecule has 1 saturated carbocycles. The second-order valence-corrected chi connectivity index (χ2v) is 7.16. The third-order valence-electron chi connectivity index (χ3n) is 3.44. The van der Waals surface area contributed by atoms with Crippen LogP contribution in [-0.4, -0.2) is 26.3 Å². The van der Waals surface area contributed by atoms with Gasteiger partial charge in [-0.2, -0.15) is 5.26 Å². The lowest BCUT2D eigenvalue weighted by atomic mass is 10.2. The Hall–Kier alpha value is -2.11. The van der Waals surface area contributed by atoms with Crippen LogP contribution in [0.4, 0.5) is 0 Å². The van der Waals surface area contributed by atoms with E-state index in [2.05, 4.69) is 14.8 Å². The Bertz CT molecular complexity index is 792. The van der Waals surface area contributed by atoms with Crippen LogP contribution >= 0.6 is 23.1 Å². The van der Waals surface area contributed by atoms with Gasteiger partial charge in [-0.3, -0.25) is 9.36 Å². The number of Topliss-reactive ketones (excluding diaryl/α,β-unsaturated/α-hetero) is 1. The maximum absolute atomic E-state index is 12.1. The Morgan fingerprint density at radius 2 is 2.35 bits per heavy atom. The third kappa shape index (κ3) is 3.30. The molecule has 8 heteroatoms. The van der Waals surface area contributed by atoms with E-state index < -0.39 is 0 Å². The molecule has 0 saturated heterocycles. The highest BCUT2D eigenvalue weighted by atomic mass is 32.2. The number of aromatic nitrogens is 3. The largest absolute Gasteiger partial charge is 0.401 e. The molecule has 0 aromatic carbocycles. The number of ketones is 1. The van der Waals surface area contributed by atoms with Crippen molar-refractivity contribution >= 4 is 28.9 Å². The number of rotatable bonds is 6. The highest BCUT2D eigenvalue weighted by Crippen LogP contribution is 2.41. The first-order valence-electron chi connectivity index (χ1n) is 7.13. The summed E-state index contributed by atoms with van der Waals surface area (Å²) in [4.78, 5) is 13.2. The lowest BCUT2D eigenvalue weighted by molar-refractivity contribution is -0.112. The Morgan fingerprint density at radius 1 is 1.57 bits per heavy atom. The molecule has 118 valence electrons. The summed E-state index contributed by atoms with van der Waals surface area (Å²) in [6.07, 6.45) is 2.20. The summed E-state index contributed by atoms with van der Waals surface area (Å²) in [5.74, 6) is 0.705. The molecule has 1 aliphatic carbocycles. The van der Waals surface area contributed by atoms with Crippen LogP contribution in [0.3, 0.4) is 0 Å². The van der Waals surface area contributed by atoms with Crippen LogP contribution in [-0.2, 0) is 4.79 Å². The molecular formula is C15H15N5OS2. The summed E-state index contributed by atoms with van der Waals surface area (Å²) in [5, 5.41) is 20.2. The smallest absolute Gasteiger partial charge is 0.192 e. The van der Waals surface area contributed by atoms with E-state index in [1.165, 1.54) is 11.8 Å². The third-order valence-corrected chi connectivity index (χ3v) is 5.24. The second-order valence-electron chi connectivity index (χ2n) is 5.27. The number of hydrogen-bond acceptors (Lipinski definition) is 7. The fraction of sp³-hybridized carbons (Fsp3) is 0.333. The first-order chi connectivity index (χ1) is 11.1. The van der Waals surface area contributed by atoms with Gasteiger partial charge in [0.15, 0.2) is 16.8 Å². The van der Waals surface area contributed by atoms with Gasteiger partial charge in [0.1, 0.15) is 11.6 Å². The van der Waals surface area contributed by atoms with E-state index in [4.69, 9.17) is 11.0 Å². The quantitative estimate of drug-likeness (QED) is 0.491. The molecule has 0 aliphatic heterocycles. The molecular weight excluding hydrogens is 330 g/mol. The Morgan fingerprint density at radius 3 is 2.91 bits per heavy atom. The second kappa shape index (κ2) is 6.56. The van der Waals surface area contributed by atoms with Crippen LogP contribution in [0.25, 0.3) is 10.7 Å². The van der Waals surface area contributed by atoms with Gasteiger partial charge in [0.25, 0.3) is 0 Å². The van der Waals surface area contributed by atoms with Crippen molar-refractivity contribution in [3.8, 4) is 16.8 Å². The number of thioether (sulfide) groups is 1. The fourth-order valence-electron chi connectivity index (χ4n) is 2.18. The minimum Gasteiger partial charge on any atom is -0.401 e. The van der Waals surface area contributed by atoms with Crippen molar-refractivity contribution < 1.29 is 4.79 Å². The van der Waals surface area contributed by atoms with Gasteiger partial charge in [-0.1, -0.05) is 17.8 Å². The Kier molecular flexibility index (Phi) is 4.50. The molecule has 0 spiro atoms. The van der Waals surface area contributed by atoms with Crippen LogP contribution in [0.5, 0.6) is 0 Å². The van der Waals surface area contributed by atoms with Gasteiger partial charge in [0.05, 0.1) is 10.6 Å². The van der Waals surface area contributed by atoms with Gasteiger partial charge in [0, 0.05) is 11.7 Å². The van der Waals surface area contributed by atoms with Gasteiger partial charge in [-0.05, 0) is 31.2 Å². The van der Waals surface area contributed by atoms with Crippen molar-refractivity contribution in [2.75, 3.05) is 5.75 Å². The first kappa shape index (κ1) is 15.8. The Labute approximate surface area is 142 Å². The van der Waals surface area contributed by atoms with Gasteiger partial charge >= 0.3 is 0 Å². The highest BCUT2D eigenvalue weighted by molar-refractivity contribution is 7.99. The van der Waals surface area contributed by atoms with Crippen molar-refractivity contribution in [1.29, 1.82) is 5.26 Å². The lowest BCUT2D eigenvalue weighted by Crippen LogP contribution is -2.11. The lowest BCUT2D eigenvalue weighted by Gasteiger charge is -2.07. The minimum absolute atomic E-state index is 0.0217. The highest BCUT2D eigenvalue weighted by Gasteiger charge is 2.30. The van der Waals surface area contributed by atoms with Crippen molar-refractivity contribution in [2.24, 2.45) is 5.73 Å². The normalized spacial score (nSPS) is 15.1. The van der Waals surface area contributed by atoms with E-state index in [0.717, 1.165) is 28.7 Å². The standard InChI is InChI=1S/C15H15N5OS2/c1-9(17)11(7-16)12(21)8-23-15-19-18-14(13-3-2-6-22-13)20(15)10-4-5-10/h2-3,6,10H,4-5,8,17H2,1H3/b11-9+. The number of hydrogen-bond donors (Lipinski definition) is 1. The Balaban J connectivity index is 1.81. The van der Waals surface area contributed by atoms with E-state index >= 15 is 0 Å². The molecule has 1 fully saturated rings. The van der Waals surface area contributed by atoms with Gasteiger partial charge in [-0.15, -0.1) is 21.5 Å². The number of nitriles is 1. The molecule has 1 aliphatic rings. The monoisotopic (exact) mass is 345 g/mol. The molecule has 0 radical (unpaired) electrons. The SMILES string of the molecule is C/C(N)=C(/C#N)C(=O)CSc1nnc(-c2cccs2)n1C1CC1. The van der Waals surface area contributed by atoms with Gasteiger partial charge in [-0.25, -0.2) is 0 Å². The number of nitrogens with two attached hydrogens (primary N) is 1. The summed E-state index contributed by atoms with van der Waals surface area (Å²) in [7, 11) is 0. The molecule has 2 heterocycles. The van der Waals surface area contributed by atoms with Crippen LogP contribution in [0.1, 0.15) is 25.8 Å². The molecule has 2 aromatic heterocycles. The topological polar surface area (TPSA) is 97.6 Å². The average Bonchev–Trinajstić information content (AvgIpc) is 3.05. The number of nitrogens with zero attached hydrogens (tertiary/aromatic N) is 4. The minimum atomic E-state index is -0.277. The molecule has 2 N–H and O–H groups in total.